The number of fused-ring (bicyclic) bond motifs is 1. The van der Waals surface area contributed by atoms with Gasteiger partial charge in [0.1, 0.15) is 11.5 Å². The molecule has 3 rings (SSSR count). The molecule has 0 bridgehead atoms. The lowest BCUT2D eigenvalue weighted by Crippen LogP contribution is -2.28. The van der Waals surface area contributed by atoms with Crippen molar-refractivity contribution in [2.75, 3.05) is 18.6 Å². The van der Waals surface area contributed by atoms with E-state index < -0.39 is 0 Å². The van der Waals surface area contributed by atoms with Crippen molar-refractivity contribution in [3.63, 3.8) is 0 Å². The van der Waals surface area contributed by atoms with Crippen LogP contribution in [0.4, 0.5) is 5.69 Å². The van der Waals surface area contributed by atoms with E-state index in [-0.39, 0.29) is 0 Å². The van der Waals surface area contributed by atoms with Crippen LogP contribution < -0.4 is 9.64 Å². The number of hydrogen-bond acceptors (Lipinski definition) is 4. The number of benzene rings is 1. The van der Waals surface area contributed by atoms with Gasteiger partial charge < -0.3 is 14.1 Å². The summed E-state index contributed by atoms with van der Waals surface area (Å²) in [5.74, 6) is 2.63. The van der Waals surface area contributed by atoms with Crippen LogP contribution in [0, 0.1) is 13.8 Å². The molecular weight excluding hydrogens is 252 g/mol. The highest BCUT2D eigenvalue weighted by Gasteiger charge is 2.19. The van der Waals surface area contributed by atoms with Crippen LogP contribution in [0.3, 0.4) is 0 Å². The van der Waals surface area contributed by atoms with Crippen LogP contribution in [0.15, 0.2) is 22.6 Å². The molecule has 0 N–H and O–H groups in total. The van der Waals surface area contributed by atoms with Gasteiger partial charge in [-0.25, -0.2) is 4.98 Å². The van der Waals surface area contributed by atoms with Gasteiger partial charge in [-0.1, -0.05) is 0 Å². The molecule has 4 heteroatoms. The Morgan fingerprint density at radius 1 is 1.35 bits per heavy atom. The Morgan fingerprint density at radius 2 is 2.20 bits per heavy atom. The monoisotopic (exact) mass is 272 g/mol. The molecule has 0 unspecified atom stereocenters. The Bertz CT molecular complexity index is 599. The zero-order valence-corrected chi connectivity index (χ0v) is 12.3. The van der Waals surface area contributed by atoms with E-state index in [4.69, 9.17) is 9.15 Å². The third-order valence-corrected chi connectivity index (χ3v) is 3.90. The first-order valence-electron chi connectivity index (χ1n) is 7.02. The summed E-state index contributed by atoms with van der Waals surface area (Å²) in [5.41, 5.74) is 3.59. The lowest BCUT2D eigenvalue weighted by molar-refractivity contribution is 0.413. The first-order chi connectivity index (χ1) is 9.67. The van der Waals surface area contributed by atoms with Gasteiger partial charge in [-0.3, -0.25) is 0 Å². The summed E-state index contributed by atoms with van der Waals surface area (Å²) in [7, 11) is 1.71. The molecule has 20 heavy (non-hydrogen) atoms. The molecule has 1 aliphatic rings. The number of ether oxygens (including phenoxy) is 1. The van der Waals surface area contributed by atoms with Gasteiger partial charge in [-0.15, -0.1) is 0 Å². The fourth-order valence-electron chi connectivity index (χ4n) is 2.71. The van der Waals surface area contributed by atoms with Gasteiger partial charge in [0.05, 0.1) is 19.3 Å². The fraction of sp³-hybridized carbons (Fsp3) is 0.438. The van der Waals surface area contributed by atoms with E-state index >= 15 is 0 Å². The molecule has 2 heterocycles. The molecule has 0 spiro atoms. The van der Waals surface area contributed by atoms with Crippen LogP contribution in [0.2, 0.25) is 0 Å². The van der Waals surface area contributed by atoms with E-state index in [2.05, 4.69) is 22.0 Å². The molecule has 0 saturated carbocycles. The Kier molecular flexibility index (Phi) is 3.38. The molecule has 0 fully saturated rings. The molecule has 0 radical (unpaired) electrons. The normalized spacial score (nSPS) is 14.2. The average molecular weight is 272 g/mol. The quantitative estimate of drug-likeness (QED) is 0.859. The van der Waals surface area contributed by atoms with Crippen molar-refractivity contribution in [2.24, 2.45) is 0 Å². The van der Waals surface area contributed by atoms with Crippen LogP contribution in [-0.2, 0) is 13.0 Å². The molecule has 0 atom stereocenters. The van der Waals surface area contributed by atoms with Gasteiger partial charge in [0.15, 0.2) is 0 Å². The Morgan fingerprint density at radius 3 is 2.90 bits per heavy atom. The number of nitrogens with zero attached hydrogens (tertiary/aromatic N) is 2. The number of rotatable bonds is 3. The molecule has 1 aromatic heterocycles. The summed E-state index contributed by atoms with van der Waals surface area (Å²) in [4.78, 5) is 6.81. The predicted molar refractivity (Wildman–Crippen MR) is 78.3 cm³/mol. The SMILES string of the molecule is COc1ccc2c(c1)CCCN2Cc1nc(C)c(C)o1. The maximum Gasteiger partial charge on any atom is 0.214 e. The van der Waals surface area contributed by atoms with Crippen molar-refractivity contribution in [1.29, 1.82) is 0 Å². The van der Waals surface area contributed by atoms with Gasteiger partial charge >= 0.3 is 0 Å². The fourth-order valence-corrected chi connectivity index (χ4v) is 2.71. The summed E-state index contributed by atoms with van der Waals surface area (Å²) in [6, 6.07) is 6.28. The highest BCUT2D eigenvalue weighted by Crippen LogP contribution is 2.31. The number of methoxy groups -OCH3 is 1. The Labute approximate surface area is 119 Å². The summed E-state index contributed by atoms with van der Waals surface area (Å²) in [5, 5.41) is 0. The lowest BCUT2D eigenvalue weighted by Gasteiger charge is -2.30. The minimum absolute atomic E-state index is 0.730. The van der Waals surface area contributed by atoms with Crippen LogP contribution in [0.5, 0.6) is 5.75 Å². The van der Waals surface area contributed by atoms with Gasteiger partial charge in [0, 0.05) is 12.2 Å². The minimum atomic E-state index is 0.730. The number of oxazole rings is 1. The van der Waals surface area contributed by atoms with E-state index in [9.17, 15) is 0 Å². The summed E-state index contributed by atoms with van der Waals surface area (Å²) in [6.07, 6.45) is 2.26. The highest BCUT2D eigenvalue weighted by atomic mass is 16.5. The second-order valence-corrected chi connectivity index (χ2v) is 5.27. The van der Waals surface area contributed by atoms with E-state index in [0.717, 1.165) is 49.0 Å². The average Bonchev–Trinajstić information content (AvgIpc) is 2.77. The van der Waals surface area contributed by atoms with Crippen LogP contribution in [0.25, 0.3) is 0 Å². The van der Waals surface area contributed by atoms with Crippen LogP contribution in [0.1, 0.15) is 29.3 Å². The van der Waals surface area contributed by atoms with Crippen LogP contribution in [-0.4, -0.2) is 18.6 Å². The maximum absolute atomic E-state index is 5.70. The number of aromatic nitrogens is 1. The lowest BCUT2D eigenvalue weighted by atomic mass is 10.0. The standard InChI is InChI=1S/C16H20N2O2/c1-11-12(2)20-16(17-11)10-18-8-4-5-13-9-14(19-3)6-7-15(13)18/h6-7,9H,4-5,8,10H2,1-3H3. The summed E-state index contributed by atoms with van der Waals surface area (Å²) in [6.45, 7) is 5.71. The molecule has 1 aromatic carbocycles. The Balaban J connectivity index is 1.86. The van der Waals surface area contributed by atoms with Crippen molar-refractivity contribution in [1.82, 2.24) is 4.98 Å². The van der Waals surface area contributed by atoms with Crippen molar-refractivity contribution in [2.45, 2.75) is 33.2 Å². The maximum atomic E-state index is 5.70. The highest BCUT2D eigenvalue weighted by molar-refractivity contribution is 5.58. The topological polar surface area (TPSA) is 38.5 Å². The molecule has 0 saturated heterocycles. The number of aryl methyl sites for hydroxylation is 3. The third-order valence-electron chi connectivity index (χ3n) is 3.90. The van der Waals surface area contributed by atoms with Gasteiger partial charge in [-0.05, 0) is 50.5 Å². The van der Waals surface area contributed by atoms with Crippen molar-refractivity contribution >= 4 is 5.69 Å². The molecule has 0 aliphatic carbocycles. The van der Waals surface area contributed by atoms with Crippen LogP contribution >= 0.6 is 0 Å². The molecule has 1 aliphatic heterocycles. The second kappa shape index (κ2) is 5.19. The summed E-state index contributed by atoms with van der Waals surface area (Å²) < 4.78 is 11.0. The zero-order valence-electron chi connectivity index (χ0n) is 12.3. The first kappa shape index (κ1) is 13.0. The molecular formula is C16H20N2O2. The smallest absolute Gasteiger partial charge is 0.214 e. The number of anilines is 1. The first-order valence-corrected chi connectivity index (χ1v) is 7.02. The van der Waals surface area contributed by atoms with E-state index in [1.165, 1.54) is 11.3 Å². The minimum Gasteiger partial charge on any atom is -0.497 e. The Hall–Kier alpha value is -1.97. The van der Waals surface area contributed by atoms with Gasteiger partial charge in [0.2, 0.25) is 5.89 Å². The van der Waals surface area contributed by atoms with Crippen molar-refractivity contribution < 1.29 is 9.15 Å². The predicted octanol–water partition coefficient (Wildman–Crippen LogP) is 3.25. The third kappa shape index (κ3) is 2.38. The summed E-state index contributed by atoms with van der Waals surface area (Å²) >= 11 is 0. The largest absolute Gasteiger partial charge is 0.497 e. The van der Waals surface area contributed by atoms with E-state index in [1.807, 2.05) is 19.9 Å². The van der Waals surface area contributed by atoms with E-state index in [0.29, 0.717) is 0 Å². The molecule has 4 nitrogen and oxygen atoms in total. The zero-order chi connectivity index (χ0) is 14.1. The van der Waals surface area contributed by atoms with Crippen molar-refractivity contribution in [3.8, 4) is 5.75 Å². The molecule has 2 aromatic rings. The second-order valence-electron chi connectivity index (χ2n) is 5.27. The van der Waals surface area contributed by atoms with E-state index in [1.54, 1.807) is 7.11 Å². The van der Waals surface area contributed by atoms with Gasteiger partial charge in [-0.2, -0.15) is 0 Å². The number of hydrogen-bond donors (Lipinski definition) is 0. The molecule has 106 valence electrons. The van der Waals surface area contributed by atoms with Gasteiger partial charge in [0.25, 0.3) is 0 Å². The van der Waals surface area contributed by atoms with Crippen molar-refractivity contribution in [3.05, 3.63) is 41.1 Å². The molecule has 0 amide bonds.